The zero-order valence-electron chi connectivity index (χ0n) is 7.25. The summed E-state index contributed by atoms with van der Waals surface area (Å²) >= 11 is 0. The molecule has 0 heterocycles. The van der Waals surface area contributed by atoms with Crippen LogP contribution in [-0.4, -0.2) is 44.4 Å². The summed E-state index contributed by atoms with van der Waals surface area (Å²) in [6.07, 6.45) is -0.116. The van der Waals surface area contributed by atoms with Gasteiger partial charge in [0.2, 0.25) is 0 Å². The summed E-state index contributed by atoms with van der Waals surface area (Å²) in [7, 11) is 0. The Morgan fingerprint density at radius 2 is 1.21 bits per heavy atom. The summed E-state index contributed by atoms with van der Waals surface area (Å²) in [5.74, 6) is -3.70. The van der Waals surface area contributed by atoms with E-state index in [9.17, 15) is 14.4 Å². The molecule has 0 radical (unpaired) electrons. The van der Waals surface area contributed by atoms with Crippen LogP contribution < -0.4 is 0 Å². The molecule has 0 saturated heterocycles. The number of carboxylic acid groups (broad SMARTS) is 3. The van der Waals surface area contributed by atoms with Crippen molar-refractivity contribution in [3.8, 4) is 0 Å². The maximum absolute atomic E-state index is 9.55. The summed E-state index contributed by atoms with van der Waals surface area (Å²) in [5.41, 5.74) is 0. The van der Waals surface area contributed by atoms with Crippen LogP contribution in [0, 0.1) is 0 Å². The Bertz CT molecular complexity index is 224. The predicted octanol–water partition coefficient (Wildman–Crippen LogP) is -0.836. The fourth-order valence-electron chi connectivity index (χ4n) is 0.143. The topological polar surface area (TPSA) is 132 Å². The monoisotopic (exact) mass is 206 g/mol. The van der Waals surface area contributed by atoms with Crippen LogP contribution in [0.5, 0.6) is 0 Å². The molecule has 0 bridgehead atoms. The van der Waals surface area contributed by atoms with Gasteiger partial charge in [-0.3, -0.25) is 0 Å². The van der Waals surface area contributed by atoms with Gasteiger partial charge in [0, 0.05) is 12.2 Å². The molecule has 0 aliphatic rings. The summed E-state index contributed by atoms with van der Waals surface area (Å²) in [5, 5.41) is 31.4. The molecule has 7 nitrogen and oxygen atoms in total. The molecule has 0 rings (SSSR count). The molecule has 0 aliphatic heterocycles. The first-order valence-electron chi connectivity index (χ1n) is 3.32. The smallest absolute Gasteiger partial charge is 0.332 e. The molecular weight excluding hydrogens is 196 g/mol. The third-order valence-corrected chi connectivity index (χ3v) is 0.726. The first kappa shape index (κ1) is 14.6. The van der Waals surface area contributed by atoms with Crippen molar-refractivity contribution in [3.05, 3.63) is 12.2 Å². The van der Waals surface area contributed by atoms with E-state index in [0.29, 0.717) is 12.2 Å². The molecular formula is C7H10O7. The number of hydrogen-bond donors (Lipinski definition) is 4. The van der Waals surface area contributed by atoms with E-state index in [0.717, 1.165) is 0 Å². The fraction of sp³-hybridized carbons (Fsp3) is 0.286. The third kappa shape index (κ3) is 16.6. The Kier molecular flexibility index (Phi) is 8.09. The van der Waals surface area contributed by atoms with Gasteiger partial charge in [-0.1, -0.05) is 0 Å². The highest BCUT2D eigenvalue weighted by Crippen LogP contribution is 1.73. The van der Waals surface area contributed by atoms with Crippen molar-refractivity contribution in [1.82, 2.24) is 0 Å². The Morgan fingerprint density at radius 1 is 1.00 bits per heavy atom. The predicted molar refractivity (Wildman–Crippen MR) is 43.7 cm³/mol. The molecule has 0 aromatic heterocycles. The number of aliphatic hydroxyl groups excluding tert-OH is 1. The molecule has 14 heavy (non-hydrogen) atoms. The zero-order valence-corrected chi connectivity index (χ0v) is 7.25. The quantitative estimate of drug-likeness (QED) is 0.442. The minimum atomic E-state index is -1.26. The van der Waals surface area contributed by atoms with Gasteiger partial charge in [-0.05, 0) is 6.92 Å². The molecule has 4 N–H and O–H groups in total. The third-order valence-electron chi connectivity index (χ3n) is 0.726. The van der Waals surface area contributed by atoms with Gasteiger partial charge in [0.05, 0.1) is 0 Å². The van der Waals surface area contributed by atoms with Crippen LogP contribution in [0.15, 0.2) is 12.2 Å². The molecule has 1 atom stereocenters. The van der Waals surface area contributed by atoms with E-state index in [2.05, 4.69) is 0 Å². The van der Waals surface area contributed by atoms with Gasteiger partial charge >= 0.3 is 17.9 Å². The maximum Gasteiger partial charge on any atom is 0.332 e. The molecule has 0 amide bonds. The van der Waals surface area contributed by atoms with Crippen LogP contribution in [-0.2, 0) is 14.4 Å². The number of aliphatic carboxylic acids is 3. The Morgan fingerprint density at radius 3 is 1.29 bits per heavy atom. The molecule has 80 valence electrons. The molecule has 7 heteroatoms. The standard InChI is InChI=1S/C4H4O4.C3H6O3/c5-3(6)1-2-4(7)8;1-2(4)3(5)6/h1-2H,(H,5,6)(H,7,8);2,4H,1H3,(H,5,6)/b2-1-;. The second-order valence-electron chi connectivity index (χ2n) is 2.02. The molecule has 0 aromatic carbocycles. The van der Waals surface area contributed by atoms with E-state index < -0.39 is 24.0 Å². The van der Waals surface area contributed by atoms with Gasteiger partial charge in [-0.15, -0.1) is 0 Å². The number of hydrogen-bond acceptors (Lipinski definition) is 4. The van der Waals surface area contributed by atoms with Crippen molar-refractivity contribution in [2.45, 2.75) is 13.0 Å². The van der Waals surface area contributed by atoms with Crippen LogP contribution in [0.25, 0.3) is 0 Å². The molecule has 0 spiro atoms. The van der Waals surface area contributed by atoms with E-state index in [1.807, 2.05) is 0 Å². The lowest BCUT2D eigenvalue weighted by Gasteiger charge is -1.89. The number of carboxylic acids is 3. The van der Waals surface area contributed by atoms with Crippen molar-refractivity contribution < 1.29 is 34.8 Å². The highest BCUT2D eigenvalue weighted by molar-refractivity contribution is 5.89. The van der Waals surface area contributed by atoms with Crippen LogP contribution in [0.1, 0.15) is 6.92 Å². The lowest BCUT2D eigenvalue weighted by Crippen LogP contribution is -2.13. The van der Waals surface area contributed by atoms with Crippen molar-refractivity contribution in [1.29, 1.82) is 0 Å². The lowest BCUT2D eigenvalue weighted by molar-refractivity contribution is -0.145. The summed E-state index contributed by atoms with van der Waals surface area (Å²) in [6, 6.07) is 0. The first-order valence-corrected chi connectivity index (χ1v) is 3.32. The molecule has 0 fully saturated rings. The average Bonchev–Trinajstić information content (AvgIpc) is 2.01. The van der Waals surface area contributed by atoms with E-state index in [1.165, 1.54) is 6.92 Å². The summed E-state index contributed by atoms with van der Waals surface area (Å²) in [6.45, 7) is 1.20. The number of aliphatic hydroxyl groups is 1. The average molecular weight is 206 g/mol. The van der Waals surface area contributed by atoms with E-state index >= 15 is 0 Å². The highest BCUT2D eigenvalue weighted by atomic mass is 16.4. The molecule has 0 aromatic rings. The normalized spacial score (nSPS) is 11.3. The Labute approximate surface area is 78.9 Å². The van der Waals surface area contributed by atoms with Crippen LogP contribution >= 0.6 is 0 Å². The van der Waals surface area contributed by atoms with E-state index in [-0.39, 0.29) is 0 Å². The van der Waals surface area contributed by atoms with Crippen LogP contribution in [0.4, 0.5) is 0 Å². The Hall–Kier alpha value is -1.89. The van der Waals surface area contributed by atoms with Gasteiger partial charge in [-0.25, -0.2) is 14.4 Å². The van der Waals surface area contributed by atoms with Crippen LogP contribution in [0.2, 0.25) is 0 Å². The second kappa shape index (κ2) is 7.74. The van der Waals surface area contributed by atoms with Gasteiger partial charge in [-0.2, -0.15) is 0 Å². The van der Waals surface area contributed by atoms with Gasteiger partial charge in [0.25, 0.3) is 0 Å². The SMILES string of the molecule is CC(O)C(=O)O.O=C(O)/C=C\C(=O)O. The largest absolute Gasteiger partial charge is 0.479 e. The van der Waals surface area contributed by atoms with E-state index in [1.54, 1.807) is 0 Å². The van der Waals surface area contributed by atoms with Crippen molar-refractivity contribution >= 4 is 17.9 Å². The summed E-state index contributed by atoms with van der Waals surface area (Å²) in [4.78, 5) is 28.6. The molecule has 1 unspecified atom stereocenters. The maximum atomic E-state index is 9.55. The number of carbonyl (C=O) groups is 3. The first-order chi connectivity index (χ1) is 6.27. The summed E-state index contributed by atoms with van der Waals surface area (Å²) < 4.78 is 0. The molecule has 0 saturated carbocycles. The highest BCUT2D eigenvalue weighted by Gasteiger charge is 2.01. The molecule has 0 aliphatic carbocycles. The van der Waals surface area contributed by atoms with Crippen molar-refractivity contribution in [2.24, 2.45) is 0 Å². The Balaban J connectivity index is 0. The van der Waals surface area contributed by atoms with Gasteiger partial charge in [0.1, 0.15) is 6.10 Å². The lowest BCUT2D eigenvalue weighted by atomic mass is 10.4. The minimum absolute atomic E-state index is 0.558. The minimum Gasteiger partial charge on any atom is -0.479 e. The van der Waals surface area contributed by atoms with E-state index in [4.69, 9.17) is 20.4 Å². The van der Waals surface area contributed by atoms with Crippen molar-refractivity contribution in [3.63, 3.8) is 0 Å². The second-order valence-corrected chi connectivity index (χ2v) is 2.02. The van der Waals surface area contributed by atoms with Gasteiger partial charge < -0.3 is 20.4 Å². The van der Waals surface area contributed by atoms with Gasteiger partial charge in [0.15, 0.2) is 0 Å². The van der Waals surface area contributed by atoms with Crippen LogP contribution in [0.3, 0.4) is 0 Å². The fourth-order valence-corrected chi connectivity index (χ4v) is 0.143. The van der Waals surface area contributed by atoms with Crippen molar-refractivity contribution in [2.75, 3.05) is 0 Å². The number of rotatable bonds is 3. The zero-order chi connectivity index (χ0) is 11.7.